The van der Waals surface area contributed by atoms with E-state index in [2.05, 4.69) is 21.2 Å². The quantitative estimate of drug-likeness (QED) is 0.619. The van der Waals surface area contributed by atoms with E-state index >= 15 is 0 Å². The highest BCUT2D eigenvalue weighted by atomic mass is 79.9. The monoisotopic (exact) mass is 359 g/mol. The molecule has 0 saturated heterocycles. The van der Waals surface area contributed by atoms with Crippen LogP contribution in [0.1, 0.15) is 6.92 Å². The largest absolute Gasteiger partial charge is 0.481 e. The second kappa shape index (κ2) is 7.02. The molecule has 8 nitrogen and oxygen atoms in total. The lowest BCUT2D eigenvalue weighted by Crippen LogP contribution is -2.36. The van der Waals surface area contributed by atoms with Crippen LogP contribution in [0.5, 0.6) is 0 Å². The lowest BCUT2D eigenvalue weighted by atomic mass is 10.2. The van der Waals surface area contributed by atoms with Crippen LogP contribution in [-0.4, -0.2) is 40.5 Å². The molecule has 0 heterocycles. The Bertz CT molecular complexity index is 578. The number of nitrogens with zero attached hydrogens (tertiary/aromatic N) is 2. The number of rotatable bonds is 5. The van der Waals surface area contributed by atoms with Crippen LogP contribution in [-0.2, 0) is 4.79 Å². The predicted molar refractivity (Wildman–Crippen MR) is 79.2 cm³/mol. The number of hydrogen-bond donors (Lipinski definition) is 2. The third kappa shape index (κ3) is 4.71. The van der Waals surface area contributed by atoms with Gasteiger partial charge in [0.1, 0.15) is 0 Å². The van der Waals surface area contributed by atoms with E-state index in [0.29, 0.717) is 4.47 Å². The average molecular weight is 360 g/mol. The van der Waals surface area contributed by atoms with Gasteiger partial charge in [0.2, 0.25) is 0 Å². The summed E-state index contributed by atoms with van der Waals surface area (Å²) in [7, 11) is 1.44. The molecule has 1 atom stereocenters. The van der Waals surface area contributed by atoms with Gasteiger partial charge in [-0.2, -0.15) is 0 Å². The molecule has 1 aromatic rings. The Balaban J connectivity index is 2.80. The minimum Gasteiger partial charge on any atom is -0.481 e. The number of non-ortho nitro benzene ring substituents is 1. The third-order valence-corrected chi connectivity index (χ3v) is 3.41. The van der Waals surface area contributed by atoms with Crippen molar-refractivity contribution >= 4 is 39.3 Å². The highest BCUT2D eigenvalue weighted by Crippen LogP contribution is 2.27. The van der Waals surface area contributed by atoms with Crippen LogP contribution in [0.15, 0.2) is 22.7 Å². The zero-order valence-corrected chi connectivity index (χ0v) is 13.0. The van der Waals surface area contributed by atoms with E-state index in [1.807, 2.05) is 0 Å². The third-order valence-electron chi connectivity index (χ3n) is 2.72. The highest BCUT2D eigenvalue weighted by molar-refractivity contribution is 9.10. The second-order valence-electron chi connectivity index (χ2n) is 4.47. The van der Waals surface area contributed by atoms with Crippen molar-refractivity contribution in [3.63, 3.8) is 0 Å². The summed E-state index contributed by atoms with van der Waals surface area (Å²) in [5.74, 6) is -1.72. The first-order valence-corrected chi connectivity index (χ1v) is 6.70. The zero-order chi connectivity index (χ0) is 16.2. The van der Waals surface area contributed by atoms with Gasteiger partial charge in [-0.25, -0.2) is 4.79 Å². The molecule has 21 heavy (non-hydrogen) atoms. The number of carboxylic acid groups (broad SMARTS) is 1. The zero-order valence-electron chi connectivity index (χ0n) is 11.4. The molecule has 1 rings (SSSR count). The van der Waals surface area contributed by atoms with Crippen LogP contribution in [0.4, 0.5) is 16.2 Å². The van der Waals surface area contributed by atoms with Gasteiger partial charge in [0.25, 0.3) is 5.69 Å². The molecule has 2 amide bonds. The van der Waals surface area contributed by atoms with Gasteiger partial charge in [-0.15, -0.1) is 0 Å². The van der Waals surface area contributed by atoms with Crippen molar-refractivity contribution in [3.05, 3.63) is 32.8 Å². The number of nitrogens with one attached hydrogen (secondary N) is 1. The second-order valence-corrected chi connectivity index (χ2v) is 5.33. The number of carbonyl (C=O) groups is 2. The molecule has 0 fully saturated rings. The van der Waals surface area contributed by atoms with Crippen molar-refractivity contribution in [2.75, 3.05) is 18.9 Å². The molecule has 2 N–H and O–H groups in total. The number of aliphatic carboxylic acids is 1. The molecule has 0 aromatic heterocycles. The maximum atomic E-state index is 11.9. The molecule has 0 aliphatic rings. The SMILES string of the molecule is CC(CN(C)C(=O)Nc1cc([N+](=O)[O-])ccc1Br)C(=O)O. The summed E-state index contributed by atoms with van der Waals surface area (Å²) in [5, 5.41) is 22.0. The standard InChI is InChI=1S/C12H14BrN3O5/c1-7(11(17)18)6-15(2)12(19)14-10-5-8(16(20)21)3-4-9(10)13/h3-5,7H,6H2,1-2H3,(H,14,19)(H,17,18). The first kappa shape index (κ1) is 16.9. The maximum Gasteiger partial charge on any atom is 0.321 e. The van der Waals surface area contributed by atoms with Crippen molar-refractivity contribution in [1.82, 2.24) is 4.90 Å². The van der Waals surface area contributed by atoms with E-state index in [1.165, 1.54) is 37.1 Å². The molecule has 0 aliphatic carbocycles. The summed E-state index contributed by atoms with van der Waals surface area (Å²) in [5.41, 5.74) is 0.0825. The summed E-state index contributed by atoms with van der Waals surface area (Å²) >= 11 is 3.18. The van der Waals surface area contributed by atoms with Crippen LogP contribution in [0.3, 0.4) is 0 Å². The van der Waals surface area contributed by atoms with Gasteiger partial charge >= 0.3 is 12.0 Å². The fourth-order valence-electron chi connectivity index (χ4n) is 1.51. The van der Waals surface area contributed by atoms with Gasteiger partial charge in [-0.3, -0.25) is 14.9 Å². The van der Waals surface area contributed by atoms with Gasteiger partial charge in [0.05, 0.1) is 16.5 Å². The van der Waals surface area contributed by atoms with E-state index < -0.39 is 22.8 Å². The van der Waals surface area contributed by atoms with Crippen molar-refractivity contribution in [3.8, 4) is 0 Å². The Labute approximate surface area is 129 Å². The summed E-state index contributed by atoms with van der Waals surface area (Å²) < 4.78 is 0.487. The Kier molecular flexibility index (Phi) is 5.65. The molecule has 0 bridgehead atoms. The summed E-state index contributed by atoms with van der Waals surface area (Å²) in [4.78, 5) is 34.0. The number of anilines is 1. The van der Waals surface area contributed by atoms with E-state index in [1.54, 1.807) is 0 Å². The van der Waals surface area contributed by atoms with Crippen molar-refractivity contribution in [2.45, 2.75) is 6.92 Å². The Morgan fingerprint density at radius 1 is 1.52 bits per heavy atom. The van der Waals surface area contributed by atoms with Crippen LogP contribution < -0.4 is 5.32 Å². The number of hydrogen-bond acceptors (Lipinski definition) is 4. The minimum absolute atomic E-state index is 0.0215. The first-order chi connectivity index (χ1) is 9.72. The summed E-state index contributed by atoms with van der Waals surface area (Å²) in [6, 6.07) is 3.42. The summed E-state index contributed by atoms with van der Waals surface area (Å²) in [6.45, 7) is 1.50. The summed E-state index contributed by atoms with van der Waals surface area (Å²) in [6.07, 6.45) is 0. The number of urea groups is 1. The molecule has 0 radical (unpaired) electrons. The van der Waals surface area contributed by atoms with E-state index in [9.17, 15) is 19.7 Å². The van der Waals surface area contributed by atoms with E-state index in [4.69, 9.17) is 5.11 Å². The van der Waals surface area contributed by atoms with Gasteiger partial charge in [0.15, 0.2) is 0 Å². The molecule has 1 aromatic carbocycles. The van der Waals surface area contributed by atoms with E-state index in [-0.39, 0.29) is 17.9 Å². The average Bonchev–Trinajstić information content (AvgIpc) is 2.40. The van der Waals surface area contributed by atoms with Gasteiger partial charge in [-0.1, -0.05) is 6.92 Å². The number of halogens is 1. The molecule has 0 saturated carbocycles. The van der Waals surface area contributed by atoms with Crippen molar-refractivity contribution in [1.29, 1.82) is 0 Å². The molecule has 0 spiro atoms. The topological polar surface area (TPSA) is 113 Å². The van der Waals surface area contributed by atoms with Crippen LogP contribution >= 0.6 is 15.9 Å². The van der Waals surface area contributed by atoms with E-state index in [0.717, 1.165) is 0 Å². The molecule has 114 valence electrons. The lowest BCUT2D eigenvalue weighted by Gasteiger charge is -2.20. The van der Waals surface area contributed by atoms with Gasteiger partial charge < -0.3 is 15.3 Å². The highest BCUT2D eigenvalue weighted by Gasteiger charge is 2.19. The number of amides is 2. The normalized spacial score (nSPS) is 11.6. The number of benzene rings is 1. The molecular formula is C12H14BrN3O5. The van der Waals surface area contributed by atoms with Crippen LogP contribution in [0.2, 0.25) is 0 Å². The Morgan fingerprint density at radius 3 is 2.67 bits per heavy atom. The van der Waals surface area contributed by atoms with Crippen molar-refractivity contribution in [2.24, 2.45) is 5.92 Å². The maximum absolute atomic E-state index is 11.9. The predicted octanol–water partition coefficient (Wildman–Crippen LogP) is 2.54. The molecule has 9 heteroatoms. The van der Waals surface area contributed by atoms with Crippen molar-refractivity contribution < 1.29 is 19.6 Å². The minimum atomic E-state index is -1.01. The van der Waals surface area contributed by atoms with Crippen LogP contribution in [0.25, 0.3) is 0 Å². The first-order valence-electron chi connectivity index (χ1n) is 5.91. The number of nitro benzene ring substituents is 1. The number of carboxylic acids is 1. The lowest BCUT2D eigenvalue weighted by molar-refractivity contribution is -0.384. The molecule has 0 aliphatic heterocycles. The van der Waals surface area contributed by atoms with Gasteiger partial charge in [-0.05, 0) is 22.0 Å². The molecule has 1 unspecified atom stereocenters. The Morgan fingerprint density at radius 2 is 2.14 bits per heavy atom. The smallest absolute Gasteiger partial charge is 0.321 e. The van der Waals surface area contributed by atoms with Gasteiger partial charge in [0, 0.05) is 30.2 Å². The fraction of sp³-hybridized carbons (Fsp3) is 0.333. The Hall–Kier alpha value is -2.16. The number of carbonyl (C=O) groups excluding carboxylic acids is 1. The number of nitro groups is 1. The van der Waals surface area contributed by atoms with Crippen LogP contribution in [0, 0.1) is 16.0 Å². The molecular weight excluding hydrogens is 346 g/mol. The fourth-order valence-corrected chi connectivity index (χ4v) is 1.85.